The molecule has 0 aromatic heterocycles. The molecule has 10 heteroatoms. The molecule has 0 unspecified atom stereocenters. The fourth-order valence-electron chi connectivity index (χ4n) is 3.75. The molecule has 0 N–H and O–H groups in total. The molecule has 0 bridgehead atoms. The van der Waals surface area contributed by atoms with Gasteiger partial charge in [0.25, 0.3) is 0 Å². The van der Waals surface area contributed by atoms with E-state index < -0.39 is 10.0 Å². The Morgan fingerprint density at radius 2 is 1.75 bits per heavy atom. The Bertz CT molecular complexity index is 1090. The van der Waals surface area contributed by atoms with E-state index in [1.165, 1.54) is 19.2 Å². The number of benzene rings is 2. The van der Waals surface area contributed by atoms with Crippen LogP contribution in [0, 0.1) is 0 Å². The smallest absolute Gasteiger partial charge is 0.243 e. The first-order chi connectivity index (χ1) is 15.3. The number of halogens is 1. The largest absolute Gasteiger partial charge is 0.490 e. The van der Waals surface area contributed by atoms with Gasteiger partial charge in [-0.15, -0.1) is 0 Å². The number of amides is 1. The molecule has 2 aliphatic rings. The molecular weight excluding hydrogens is 454 g/mol. The van der Waals surface area contributed by atoms with E-state index in [0.29, 0.717) is 55.9 Å². The molecule has 0 saturated carbocycles. The van der Waals surface area contributed by atoms with Crippen LogP contribution in [0.25, 0.3) is 0 Å². The number of likely N-dealkylation sites (N-methyl/N-ethyl adjacent to an activating group) is 1. The number of anilines is 1. The quantitative estimate of drug-likeness (QED) is 0.655. The summed E-state index contributed by atoms with van der Waals surface area (Å²) in [5.74, 6) is 0.703. The topological polar surface area (TPSA) is 79.4 Å². The van der Waals surface area contributed by atoms with Gasteiger partial charge in [0.05, 0.1) is 24.7 Å². The second-order valence-electron chi connectivity index (χ2n) is 7.77. The second kappa shape index (κ2) is 9.56. The molecule has 2 aromatic carbocycles. The zero-order valence-electron chi connectivity index (χ0n) is 17.9. The van der Waals surface area contributed by atoms with Crippen LogP contribution in [-0.4, -0.2) is 76.5 Å². The molecule has 0 aliphatic carbocycles. The molecule has 1 saturated heterocycles. The number of hydrogen-bond acceptors (Lipinski definition) is 6. The number of carbonyl (C=O) groups is 1. The summed E-state index contributed by atoms with van der Waals surface area (Å²) in [6, 6.07) is 12.1. The van der Waals surface area contributed by atoms with Gasteiger partial charge in [-0.25, -0.2) is 8.42 Å². The Hall–Kier alpha value is -2.49. The molecule has 0 atom stereocenters. The number of ether oxygens (including phenoxy) is 2. The van der Waals surface area contributed by atoms with Crippen molar-refractivity contribution in [1.82, 2.24) is 9.21 Å². The van der Waals surface area contributed by atoms with E-state index in [2.05, 4.69) is 4.90 Å². The highest BCUT2D eigenvalue weighted by Gasteiger charge is 2.28. The predicted octanol–water partition coefficient (Wildman–Crippen LogP) is 2.47. The van der Waals surface area contributed by atoms with E-state index in [1.54, 1.807) is 11.0 Å². The summed E-state index contributed by atoms with van der Waals surface area (Å²) >= 11 is 6.07. The second-order valence-corrected chi connectivity index (χ2v) is 10.2. The van der Waals surface area contributed by atoms with Gasteiger partial charge in [0.15, 0.2) is 11.5 Å². The molecule has 1 amide bonds. The van der Waals surface area contributed by atoms with Crippen molar-refractivity contribution in [2.45, 2.75) is 11.3 Å². The molecule has 0 radical (unpaired) electrons. The summed E-state index contributed by atoms with van der Waals surface area (Å²) in [4.78, 5) is 16.7. The molecule has 1 fully saturated rings. The molecule has 32 heavy (non-hydrogen) atoms. The third kappa shape index (κ3) is 4.95. The van der Waals surface area contributed by atoms with Crippen LogP contribution in [0.5, 0.6) is 11.5 Å². The lowest BCUT2D eigenvalue weighted by Gasteiger charge is -2.36. The van der Waals surface area contributed by atoms with Crippen molar-refractivity contribution in [3.63, 3.8) is 0 Å². The third-order valence-corrected chi connectivity index (χ3v) is 7.63. The van der Waals surface area contributed by atoms with Gasteiger partial charge in [-0.2, -0.15) is 4.31 Å². The molecule has 4 rings (SSSR count). The van der Waals surface area contributed by atoms with Crippen LogP contribution in [0.1, 0.15) is 6.42 Å². The standard InChI is InChI=1S/C22H26ClN3O5S/c1-24(32(28,29)19-6-7-20-21(15-19)31-13-3-12-30-20)16-22(27)26-10-8-25(9-11-26)18-5-2-4-17(23)14-18/h2,4-7,14-15H,3,8-13,16H2,1H3. The zero-order chi connectivity index (χ0) is 22.7. The van der Waals surface area contributed by atoms with E-state index >= 15 is 0 Å². The highest BCUT2D eigenvalue weighted by Crippen LogP contribution is 2.32. The number of nitrogens with zero attached hydrogens (tertiary/aromatic N) is 3. The lowest BCUT2D eigenvalue weighted by molar-refractivity contribution is -0.131. The molecule has 2 heterocycles. The van der Waals surface area contributed by atoms with E-state index in [1.807, 2.05) is 24.3 Å². The van der Waals surface area contributed by atoms with Crippen molar-refractivity contribution in [2.75, 3.05) is 57.9 Å². The van der Waals surface area contributed by atoms with Crippen molar-refractivity contribution in [3.05, 3.63) is 47.5 Å². The SMILES string of the molecule is CN(CC(=O)N1CCN(c2cccc(Cl)c2)CC1)S(=O)(=O)c1ccc2c(c1)OCCCO2. The maximum atomic E-state index is 13.0. The number of hydrogen-bond donors (Lipinski definition) is 0. The molecule has 172 valence electrons. The summed E-state index contributed by atoms with van der Waals surface area (Å²) in [7, 11) is -2.44. The first-order valence-corrected chi connectivity index (χ1v) is 12.3. The van der Waals surface area contributed by atoms with E-state index in [0.717, 1.165) is 16.4 Å². The summed E-state index contributed by atoms with van der Waals surface area (Å²) < 4.78 is 38.3. The number of rotatable bonds is 5. The first-order valence-electron chi connectivity index (χ1n) is 10.5. The van der Waals surface area contributed by atoms with Gasteiger partial charge >= 0.3 is 0 Å². The van der Waals surface area contributed by atoms with E-state index in [-0.39, 0.29) is 17.3 Å². The predicted molar refractivity (Wildman–Crippen MR) is 122 cm³/mol. The highest BCUT2D eigenvalue weighted by molar-refractivity contribution is 7.89. The Balaban J connectivity index is 1.37. The van der Waals surface area contributed by atoms with Gasteiger partial charge in [-0.05, 0) is 30.3 Å². The minimum absolute atomic E-state index is 0.0721. The van der Waals surface area contributed by atoms with Crippen LogP contribution in [0.15, 0.2) is 47.4 Å². The Kier molecular flexibility index (Phi) is 6.78. The van der Waals surface area contributed by atoms with E-state index in [9.17, 15) is 13.2 Å². The summed E-state index contributed by atoms with van der Waals surface area (Å²) in [6.07, 6.45) is 0.732. The Morgan fingerprint density at radius 3 is 2.47 bits per heavy atom. The fraction of sp³-hybridized carbons (Fsp3) is 0.409. The lowest BCUT2D eigenvalue weighted by atomic mass is 10.2. The van der Waals surface area contributed by atoms with Crippen molar-refractivity contribution >= 4 is 33.2 Å². The minimum Gasteiger partial charge on any atom is -0.490 e. The molecule has 2 aliphatic heterocycles. The molecule has 8 nitrogen and oxygen atoms in total. The van der Waals surface area contributed by atoms with Crippen LogP contribution in [0.3, 0.4) is 0 Å². The summed E-state index contributed by atoms with van der Waals surface area (Å²) in [5.41, 5.74) is 1.01. The third-order valence-electron chi connectivity index (χ3n) is 5.59. The van der Waals surface area contributed by atoms with Crippen LogP contribution in [0.4, 0.5) is 5.69 Å². The Morgan fingerprint density at radius 1 is 1.03 bits per heavy atom. The zero-order valence-corrected chi connectivity index (χ0v) is 19.4. The number of carbonyl (C=O) groups excluding carboxylic acids is 1. The van der Waals surface area contributed by atoms with Crippen LogP contribution >= 0.6 is 11.6 Å². The number of fused-ring (bicyclic) bond motifs is 1. The van der Waals surface area contributed by atoms with Crippen LogP contribution in [0.2, 0.25) is 5.02 Å². The van der Waals surface area contributed by atoms with E-state index in [4.69, 9.17) is 21.1 Å². The average Bonchev–Trinajstić information content (AvgIpc) is 3.04. The molecule has 2 aromatic rings. The minimum atomic E-state index is -3.85. The van der Waals surface area contributed by atoms with Gasteiger partial charge in [0, 0.05) is 56.4 Å². The monoisotopic (exact) mass is 479 g/mol. The van der Waals surface area contributed by atoms with Crippen molar-refractivity contribution < 1.29 is 22.7 Å². The number of piperazine rings is 1. The van der Waals surface area contributed by atoms with Crippen molar-refractivity contribution in [3.8, 4) is 11.5 Å². The summed E-state index contributed by atoms with van der Waals surface area (Å²) in [5, 5.41) is 0.669. The fourth-order valence-corrected chi connectivity index (χ4v) is 5.07. The lowest BCUT2D eigenvalue weighted by Crippen LogP contribution is -2.51. The Labute approximate surface area is 193 Å². The average molecular weight is 480 g/mol. The maximum absolute atomic E-state index is 13.0. The van der Waals surface area contributed by atoms with Gasteiger partial charge < -0.3 is 19.3 Å². The summed E-state index contributed by atoms with van der Waals surface area (Å²) in [6.45, 7) is 3.11. The van der Waals surface area contributed by atoms with Crippen LogP contribution in [-0.2, 0) is 14.8 Å². The molecular formula is C22H26ClN3O5S. The maximum Gasteiger partial charge on any atom is 0.243 e. The van der Waals surface area contributed by atoms with Gasteiger partial charge in [0.2, 0.25) is 15.9 Å². The van der Waals surface area contributed by atoms with Gasteiger partial charge in [0.1, 0.15) is 0 Å². The van der Waals surface area contributed by atoms with Gasteiger partial charge in [-0.1, -0.05) is 17.7 Å². The molecule has 0 spiro atoms. The van der Waals surface area contributed by atoms with Crippen molar-refractivity contribution in [2.24, 2.45) is 0 Å². The normalized spacial score (nSPS) is 16.7. The van der Waals surface area contributed by atoms with Crippen LogP contribution < -0.4 is 14.4 Å². The van der Waals surface area contributed by atoms with Gasteiger partial charge in [-0.3, -0.25) is 4.79 Å². The highest BCUT2D eigenvalue weighted by atomic mass is 35.5. The van der Waals surface area contributed by atoms with Crippen molar-refractivity contribution in [1.29, 1.82) is 0 Å². The number of sulfonamides is 1. The first kappa shape index (κ1) is 22.7.